The summed E-state index contributed by atoms with van der Waals surface area (Å²) in [6.45, 7) is 5.79. The van der Waals surface area contributed by atoms with Crippen LogP contribution < -0.4 is 9.64 Å². The maximum atomic E-state index is 5.24. The average molecular weight is 380 g/mol. The van der Waals surface area contributed by atoms with Gasteiger partial charge in [0.2, 0.25) is 0 Å². The molecule has 1 aliphatic heterocycles. The molecule has 4 heterocycles. The molecule has 1 atom stereocenters. The first-order valence-electron chi connectivity index (χ1n) is 9.40. The van der Waals surface area contributed by atoms with Crippen LogP contribution >= 0.6 is 11.3 Å². The van der Waals surface area contributed by atoms with Gasteiger partial charge in [-0.05, 0) is 36.2 Å². The number of hydrogen-bond donors (Lipinski definition) is 1. The van der Waals surface area contributed by atoms with E-state index in [-0.39, 0.29) is 0 Å². The largest absolute Gasteiger partial charge is 0.497 e. The number of nitrogens with zero attached hydrogens (tertiary/aromatic N) is 4. The van der Waals surface area contributed by atoms with Crippen LogP contribution in [-0.4, -0.2) is 39.8 Å². The van der Waals surface area contributed by atoms with E-state index in [1.165, 1.54) is 35.3 Å². The molecule has 1 unspecified atom stereocenters. The number of ether oxygens (including phenoxy) is 1. The van der Waals surface area contributed by atoms with E-state index in [2.05, 4.69) is 17.0 Å². The number of fused-ring (bicyclic) bond motifs is 5. The molecule has 0 bridgehead atoms. The highest BCUT2D eigenvalue weighted by Gasteiger charge is 2.26. The summed E-state index contributed by atoms with van der Waals surface area (Å²) in [5, 5.41) is 5.86. The molecule has 0 saturated carbocycles. The summed E-state index contributed by atoms with van der Waals surface area (Å²) in [5.74, 6) is 1.55. The Labute approximate surface area is 161 Å². The molecule has 0 fully saturated rings. The van der Waals surface area contributed by atoms with Gasteiger partial charge in [0, 0.05) is 12.0 Å². The standard InChI is InChI=1S/C20H21N5OS/c1-3-9-24-10-8-15-16(11-24)27-20-17(15)19-22-18(23-25(19)12-21-20)13-4-6-14(26-2)7-5-13/h4-7,12H,3,8-11H2,1-2H3/p+1. The fourth-order valence-electron chi connectivity index (χ4n) is 3.95. The van der Waals surface area contributed by atoms with Crippen LogP contribution in [0.4, 0.5) is 0 Å². The summed E-state index contributed by atoms with van der Waals surface area (Å²) >= 11 is 1.82. The first kappa shape index (κ1) is 16.6. The summed E-state index contributed by atoms with van der Waals surface area (Å²) in [4.78, 5) is 13.8. The van der Waals surface area contributed by atoms with Gasteiger partial charge in [-0.1, -0.05) is 6.92 Å². The van der Waals surface area contributed by atoms with Crippen molar-refractivity contribution in [1.29, 1.82) is 0 Å². The van der Waals surface area contributed by atoms with Gasteiger partial charge in [0.15, 0.2) is 11.5 Å². The molecule has 3 aromatic heterocycles. The number of thiophene rings is 1. The SMILES string of the molecule is CCC[NH+]1CCc2c(sc3ncn4nc(-c5ccc(OC)cc5)nc4c23)C1. The Morgan fingerprint density at radius 3 is 2.89 bits per heavy atom. The molecule has 5 rings (SSSR count). The number of methoxy groups -OCH3 is 1. The van der Waals surface area contributed by atoms with Gasteiger partial charge >= 0.3 is 0 Å². The Hall–Kier alpha value is -2.51. The zero-order chi connectivity index (χ0) is 18.4. The van der Waals surface area contributed by atoms with Crippen molar-refractivity contribution >= 4 is 27.2 Å². The highest BCUT2D eigenvalue weighted by atomic mass is 32.1. The number of nitrogens with one attached hydrogen (secondary N) is 1. The molecule has 27 heavy (non-hydrogen) atoms. The van der Waals surface area contributed by atoms with Crippen molar-refractivity contribution in [1.82, 2.24) is 19.6 Å². The summed E-state index contributed by atoms with van der Waals surface area (Å²) < 4.78 is 7.06. The number of hydrogen-bond acceptors (Lipinski definition) is 5. The molecule has 1 N–H and O–H groups in total. The number of rotatable bonds is 4. The van der Waals surface area contributed by atoms with Crippen LogP contribution in [0.2, 0.25) is 0 Å². The highest BCUT2D eigenvalue weighted by Crippen LogP contribution is 2.34. The predicted molar refractivity (Wildman–Crippen MR) is 107 cm³/mol. The van der Waals surface area contributed by atoms with Crippen LogP contribution in [0.15, 0.2) is 30.6 Å². The van der Waals surface area contributed by atoms with Crippen LogP contribution in [0.25, 0.3) is 27.3 Å². The Bertz CT molecular complexity index is 1120. The lowest BCUT2D eigenvalue weighted by Crippen LogP contribution is -3.11. The first-order chi connectivity index (χ1) is 13.3. The fraction of sp³-hybridized carbons (Fsp3) is 0.350. The van der Waals surface area contributed by atoms with E-state index in [0.717, 1.165) is 40.6 Å². The van der Waals surface area contributed by atoms with Gasteiger partial charge in [0.25, 0.3) is 0 Å². The van der Waals surface area contributed by atoms with E-state index in [1.807, 2.05) is 40.1 Å². The minimum absolute atomic E-state index is 0.723. The van der Waals surface area contributed by atoms with E-state index in [0.29, 0.717) is 0 Å². The molecule has 6 nitrogen and oxygen atoms in total. The third-order valence-electron chi connectivity index (χ3n) is 5.30. The van der Waals surface area contributed by atoms with Gasteiger partial charge in [-0.3, -0.25) is 0 Å². The molecule has 0 radical (unpaired) electrons. The summed E-state index contributed by atoms with van der Waals surface area (Å²) in [6.07, 6.45) is 4.11. The molecule has 4 aromatic rings. The van der Waals surface area contributed by atoms with E-state index >= 15 is 0 Å². The first-order valence-corrected chi connectivity index (χ1v) is 10.2. The van der Waals surface area contributed by atoms with Crippen LogP contribution in [0.5, 0.6) is 5.75 Å². The second-order valence-electron chi connectivity index (χ2n) is 7.04. The van der Waals surface area contributed by atoms with Crippen molar-refractivity contribution in [3.63, 3.8) is 0 Å². The van der Waals surface area contributed by atoms with Gasteiger partial charge in [-0.15, -0.1) is 16.4 Å². The monoisotopic (exact) mass is 380 g/mol. The number of aromatic nitrogens is 4. The van der Waals surface area contributed by atoms with Gasteiger partial charge in [0.1, 0.15) is 23.5 Å². The second-order valence-corrected chi connectivity index (χ2v) is 8.12. The zero-order valence-electron chi connectivity index (χ0n) is 15.5. The molecule has 0 spiro atoms. The molecular weight excluding hydrogens is 358 g/mol. The van der Waals surface area contributed by atoms with Crippen LogP contribution in [0, 0.1) is 0 Å². The minimum Gasteiger partial charge on any atom is -0.497 e. The molecular formula is C20H22N5OS+. The Balaban J connectivity index is 1.61. The van der Waals surface area contributed by atoms with Gasteiger partial charge in [0.05, 0.1) is 30.5 Å². The molecule has 1 aliphatic rings. The molecule has 0 saturated heterocycles. The van der Waals surface area contributed by atoms with Crippen LogP contribution in [0.3, 0.4) is 0 Å². The fourth-order valence-corrected chi connectivity index (χ4v) is 5.21. The normalized spacial score (nSPS) is 16.7. The third-order valence-corrected chi connectivity index (χ3v) is 6.44. The Morgan fingerprint density at radius 2 is 2.11 bits per heavy atom. The van der Waals surface area contributed by atoms with Gasteiger partial charge in [-0.2, -0.15) is 0 Å². The van der Waals surface area contributed by atoms with E-state index in [4.69, 9.17) is 9.72 Å². The summed E-state index contributed by atoms with van der Waals surface area (Å²) in [7, 11) is 1.67. The lowest BCUT2D eigenvalue weighted by Gasteiger charge is -2.23. The molecule has 138 valence electrons. The van der Waals surface area contributed by atoms with Crippen molar-refractivity contribution in [3.8, 4) is 17.1 Å². The van der Waals surface area contributed by atoms with Crippen molar-refractivity contribution in [2.75, 3.05) is 20.2 Å². The maximum absolute atomic E-state index is 5.24. The lowest BCUT2D eigenvalue weighted by atomic mass is 10.1. The highest BCUT2D eigenvalue weighted by molar-refractivity contribution is 7.19. The molecule has 7 heteroatoms. The second kappa shape index (κ2) is 6.58. The van der Waals surface area contributed by atoms with E-state index in [9.17, 15) is 0 Å². The van der Waals surface area contributed by atoms with Crippen molar-refractivity contribution in [3.05, 3.63) is 41.0 Å². The average Bonchev–Trinajstić information content (AvgIpc) is 3.28. The molecule has 0 aliphatic carbocycles. The summed E-state index contributed by atoms with van der Waals surface area (Å²) in [6, 6.07) is 7.86. The quantitative estimate of drug-likeness (QED) is 0.591. The van der Waals surface area contributed by atoms with Crippen molar-refractivity contribution in [2.45, 2.75) is 26.3 Å². The minimum atomic E-state index is 0.723. The van der Waals surface area contributed by atoms with Crippen LogP contribution in [-0.2, 0) is 13.0 Å². The smallest absolute Gasteiger partial charge is 0.182 e. The van der Waals surface area contributed by atoms with Crippen molar-refractivity contribution in [2.24, 2.45) is 0 Å². The topological polar surface area (TPSA) is 56.8 Å². The van der Waals surface area contributed by atoms with Gasteiger partial charge < -0.3 is 9.64 Å². The zero-order valence-corrected chi connectivity index (χ0v) is 16.3. The van der Waals surface area contributed by atoms with Gasteiger partial charge in [-0.25, -0.2) is 14.5 Å². The third kappa shape index (κ3) is 2.78. The van der Waals surface area contributed by atoms with E-state index < -0.39 is 0 Å². The molecule has 1 aromatic carbocycles. The Morgan fingerprint density at radius 1 is 1.26 bits per heavy atom. The summed E-state index contributed by atoms with van der Waals surface area (Å²) in [5.41, 5.74) is 3.33. The van der Waals surface area contributed by atoms with E-state index in [1.54, 1.807) is 18.3 Å². The Kier molecular flexibility index (Phi) is 4.06. The van der Waals surface area contributed by atoms with Crippen LogP contribution in [0.1, 0.15) is 23.8 Å². The maximum Gasteiger partial charge on any atom is 0.182 e. The predicted octanol–water partition coefficient (Wildman–Crippen LogP) is 2.37. The number of quaternary nitrogens is 1. The number of benzene rings is 1. The van der Waals surface area contributed by atoms with Crippen molar-refractivity contribution < 1.29 is 9.64 Å². The lowest BCUT2D eigenvalue weighted by molar-refractivity contribution is -0.915. The molecule has 0 amide bonds.